The van der Waals surface area contributed by atoms with Gasteiger partial charge in [0.25, 0.3) is 0 Å². The van der Waals surface area contributed by atoms with Gasteiger partial charge in [-0.05, 0) is 45.0 Å². The lowest BCUT2D eigenvalue weighted by Gasteiger charge is -2.34. The first-order valence-corrected chi connectivity index (χ1v) is 11.3. The molecule has 2 aliphatic heterocycles. The zero-order chi connectivity index (χ0) is 22.4. The van der Waals surface area contributed by atoms with Gasteiger partial charge in [0.15, 0.2) is 0 Å². The molecule has 0 atom stereocenters. The molecule has 0 unspecified atom stereocenters. The van der Waals surface area contributed by atoms with Crippen molar-refractivity contribution in [3.05, 3.63) is 24.3 Å². The van der Waals surface area contributed by atoms with Crippen LogP contribution in [0.25, 0.3) is 0 Å². The van der Waals surface area contributed by atoms with E-state index >= 15 is 0 Å². The molecule has 0 saturated carbocycles. The van der Waals surface area contributed by atoms with Gasteiger partial charge in [0, 0.05) is 76.1 Å². The summed E-state index contributed by atoms with van der Waals surface area (Å²) in [5.41, 5.74) is 1.97. The molecule has 170 valence electrons. The molecular weight excluding hydrogens is 394 g/mol. The Morgan fingerprint density at radius 2 is 1.55 bits per heavy atom. The highest BCUT2D eigenvalue weighted by atomic mass is 16.2. The minimum atomic E-state index is -0.0556. The highest BCUT2D eigenvalue weighted by molar-refractivity contribution is 6.01. The number of nitrogens with one attached hydrogen (secondary N) is 1. The van der Waals surface area contributed by atoms with E-state index in [1.54, 1.807) is 0 Å². The zero-order valence-corrected chi connectivity index (χ0v) is 19.0. The van der Waals surface area contributed by atoms with Gasteiger partial charge < -0.3 is 10.2 Å². The van der Waals surface area contributed by atoms with Crippen LogP contribution in [0.4, 0.5) is 11.4 Å². The van der Waals surface area contributed by atoms with Crippen LogP contribution in [0.3, 0.4) is 0 Å². The van der Waals surface area contributed by atoms with Gasteiger partial charge >= 0.3 is 0 Å². The van der Waals surface area contributed by atoms with Crippen LogP contribution in [0, 0.1) is 0 Å². The Hall–Kier alpha value is -2.45. The van der Waals surface area contributed by atoms with E-state index in [0.717, 1.165) is 44.1 Å². The van der Waals surface area contributed by atoms with Gasteiger partial charge in [0.05, 0.1) is 6.54 Å². The summed E-state index contributed by atoms with van der Waals surface area (Å²) < 4.78 is 0. The van der Waals surface area contributed by atoms with Gasteiger partial charge in [-0.15, -0.1) is 0 Å². The molecule has 2 aliphatic rings. The number of carbonyl (C=O) groups excluding carboxylic acids is 3. The first-order valence-electron chi connectivity index (χ1n) is 11.3. The van der Waals surface area contributed by atoms with E-state index in [1.807, 2.05) is 24.3 Å². The van der Waals surface area contributed by atoms with Gasteiger partial charge in [0.1, 0.15) is 0 Å². The second-order valence-electron chi connectivity index (χ2n) is 8.53. The van der Waals surface area contributed by atoms with Crippen molar-refractivity contribution < 1.29 is 14.4 Å². The third-order valence-corrected chi connectivity index (χ3v) is 6.07. The van der Waals surface area contributed by atoms with Crippen molar-refractivity contribution in [2.45, 2.75) is 39.7 Å². The van der Waals surface area contributed by atoms with Gasteiger partial charge in [-0.3, -0.25) is 29.1 Å². The SMILES string of the molecule is CCN(c1ccc(NC(=O)CN2CCN(CCN3C(=O)CCC3=O)CC2)cc1)C(C)C. The minimum Gasteiger partial charge on any atom is -0.369 e. The standard InChI is InChI=1S/C23H35N5O3/c1-4-27(18(2)3)20-7-5-19(6-8-20)24-21(29)17-26-13-11-25(12-14-26)15-16-28-22(30)9-10-23(28)31/h5-8,18H,4,9-17H2,1-3H3,(H,24,29). The lowest BCUT2D eigenvalue weighted by Crippen LogP contribution is -2.50. The van der Waals surface area contributed by atoms with Crippen molar-refractivity contribution >= 4 is 29.1 Å². The Labute approximate surface area is 185 Å². The van der Waals surface area contributed by atoms with Crippen molar-refractivity contribution in [2.75, 3.05) is 62.6 Å². The van der Waals surface area contributed by atoms with Crippen molar-refractivity contribution in [1.82, 2.24) is 14.7 Å². The van der Waals surface area contributed by atoms with Crippen LogP contribution in [-0.4, -0.2) is 90.8 Å². The fourth-order valence-electron chi connectivity index (χ4n) is 4.27. The quantitative estimate of drug-likeness (QED) is 0.602. The van der Waals surface area contributed by atoms with E-state index in [1.165, 1.54) is 4.90 Å². The van der Waals surface area contributed by atoms with E-state index in [0.29, 0.717) is 38.5 Å². The number of anilines is 2. The average Bonchev–Trinajstić information content (AvgIpc) is 3.06. The molecule has 0 radical (unpaired) electrons. The predicted molar refractivity (Wildman–Crippen MR) is 122 cm³/mol. The maximum Gasteiger partial charge on any atom is 0.238 e. The molecule has 2 saturated heterocycles. The number of rotatable bonds is 9. The number of benzene rings is 1. The lowest BCUT2D eigenvalue weighted by atomic mass is 10.2. The zero-order valence-electron chi connectivity index (χ0n) is 19.0. The Bertz CT molecular complexity index is 756. The monoisotopic (exact) mass is 429 g/mol. The average molecular weight is 430 g/mol. The molecule has 3 amide bonds. The Kier molecular flexibility index (Phi) is 8.03. The van der Waals surface area contributed by atoms with Crippen LogP contribution < -0.4 is 10.2 Å². The van der Waals surface area contributed by atoms with E-state index in [9.17, 15) is 14.4 Å². The smallest absolute Gasteiger partial charge is 0.238 e. The number of piperazine rings is 1. The molecule has 0 bridgehead atoms. The molecule has 8 nitrogen and oxygen atoms in total. The second kappa shape index (κ2) is 10.7. The fraction of sp³-hybridized carbons (Fsp3) is 0.609. The highest BCUT2D eigenvalue weighted by Crippen LogP contribution is 2.20. The van der Waals surface area contributed by atoms with Crippen LogP contribution in [0.15, 0.2) is 24.3 Å². The van der Waals surface area contributed by atoms with E-state index < -0.39 is 0 Å². The number of hydrogen-bond donors (Lipinski definition) is 1. The Morgan fingerprint density at radius 3 is 2.10 bits per heavy atom. The van der Waals surface area contributed by atoms with Gasteiger partial charge in [-0.2, -0.15) is 0 Å². The van der Waals surface area contributed by atoms with E-state index in [-0.39, 0.29) is 17.7 Å². The summed E-state index contributed by atoms with van der Waals surface area (Å²) in [5, 5.41) is 2.99. The fourth-order valence-corrected chi connectivity index (χ4v) is 4.27. The number of imide groups is 1. The maximum absolute atomic E-state index is 12.5. The van der Waals surface area contributed by atoms with E-state index in [4.69, 9.17) is 0 Å². The summed E-state index contributed by atoms with van der Waals surface area (Å²) in [4.78, 5) is 44.0. The third-order valence-electron chi connectivity index (χ3n) is 6.07. The summed E-state index contributed by atoms with van der Waals surface area (Å²) in [6.07, 6.45) is 0.693. The van der Waals surface area contributed by atoms with Crippen molar-refractivity contribution in [3.8, 4) is 0 Å². The summed E-state index contributed by atoms with van der Waals surface area (Å²) >= 11 is 0. The summed E-state index contributed by atoms with van der Waals surface area (Å²) in [5.74, 6) is -0.120. The lowest BCUT2D eigenvalue weighted by molar-refractivity contribution is -0.138. The maximum atomic E-state index is 12.5. The molecule has 0 aliphatic carbocycles. The summed E-state index contributed by atoms with van der Waals surface area (Å²) in [6, 6.07) is 8.44. The predicted octanol–water partition coefficient (Wildman–Crippen LogP) is 1.63. The molecule has 2 heterocycles. The highest BCUT2D eigenvalue weighted by Gasteiger charge is 2.29. The van der Waals surface area contributed by atoms with Crippen LogP contribution in [-0.2, 0) is 14.4 Å². The molecule has 8 heteroatoms. The number of nitrogens with zero attached hydrogens (tertiary/aromatic N) is 4. The van der Waals surface area contributed by atoms with Crippen molar-refractivity contribution in [3.63, 3.8) is 0 Å². The first kappa shape index (κ1) is 23.2. The molecular formula is C23H35N5O3. The molecule has 1 aromatic rings. The van der Waals surface area contributed by atoms with Crippen LogP contribution in [0.1, 0.15) is 33.6 Å². The van der Waals surface area contributed by atoms with Crippen molar-refractivity contribution in [1.29, 1.82) is 0 Å². The molecule has 3 rings (SSSR count). The van der Waals surface area contributed by atoms with Gasteiger partial charge in [-0.25, -0.2) is 0 Å². The Morgan fingerprint density at radius 1 is 0.968 bits per heavy atom. The topological polar surface area (TPSA) is 76.2 Å². The Balaban J connectivity index is 1.39. The molecule has 1 N–H and O–H groups in total. The van der Waals surface area contributed by atoms with E-state index in [2.05, 4.69) is 40.8 Å². The van der Waals surface area contributed by atoms with Crippen LogP contribution in [0.5, 0.6) is 0 Å². The largest absolute Gasteiger partial charge is 0.369 e. The molecule has 0 spiro atoms. The van der Waals surface area contributed by atoms with Gasteiger partial charge in [-0.1, -0.05) is 0 Å². The van der Waals surface area contributed by atoms with Gasteiger partial charge in [0.2, 0.25) is 17.7 Å². The number of amides is 3. The number of hydrogen-bond acceptors (Lipinski definition) is 6. The van der Waals surface area contributed by atoms with Crippen molar-refractivity contribution in [2.24, 2.45) is 0 Å². The summed E-state index contributed by atoms with van der Waals surface area (Å²) in [6.45, 7) is 12.2. The molecule has 2 fully saturated rings. The van der Waals surface area contributed by atoms with Crippen LogP contribution in [0.2, 0.25) is 0 Å². The second-order valence-corrected chi connectivity index (χ2v) is 8.53. The molecule has 0 aromatic heterocycles. The number of carbonyl (C=O) groups is 3. The first-order chi connectivity index (χ1) is 14.9. The molecule has 1 aromatic carbocycles. The third kappa shape index (κ3) is 6.27. The van der Waals surface area contributed by atoms with Crippen LogP contribution >= 0.6 is 0 Å². The molecule has 31 heavy (non-hydrogen) atoms. The summed E-state index contributed by atoms with van der Waals surface area (Å²) in [7, 11) is 0. The normalized spacial score (nSPS) is 18.1. The minimum absolute atomic E-state index is 0.00864. The number of likely N-dealkylation sites (tertiary alicyclic amines) is 1.